The lowest BCUT2D eigenvalue weighted by molar-refractivity contribution is -0.143. The van der Waals surface area contributed by atoms with E-state index in [1.54, 1.807) is 0 Å². The van der Waals surface area contributed by atoms with E-state index < -0.39 is 5.92 Å². The predicted molar refractivity (Wildman–Crippen MR) is 140 cm³/mol. The fourth-order valence-corrected chi connectivity index (χ4v) is 5.35. The molecule has 1 N–H and O–H groups in total. The average Bonchev–Trinajstić information content (AvgIpc) is 2.84. The maximum Gasteiger partial charge on any atom is 0.337 e. The molecule has 5 nitrogen and oxygen atoms in total. The van der Waals surface area contributed by atoms with Crippen LogP contribution in [0.3, 0.4) is 0 Å². The van der Waals surface area contributed by atoms with Crippen molar-refractivity contribution < 1.29 is 14.3 Å². The van der Waals surface area contributed by atoms with Crippen LogP contribution in [0.2, 0.25) is 0 Å². The maximum absolute atomic E-state index is 13.7. The number of esters is 1. The van der Waals surface area contributed by atoms with Gasteiger partial charge in [0.1, 0.15) is 0 Å². The summed E-state index contributed by atoms with van der Waals surface area (Å²) in [5.41, 5.74) is 6.15. The zero-order valence-corrected chi connectivity index (χ0v) is 21.4. The molecular formula is C30H36N2O3. The Morgan fingerprint density at radius 2 is 1.66 bits per heavy atom. The van der Waals surface area contributed by atoms with Crippen molar-refractivity contribution in [3.05, 3.63) is 88.3 Å². The molecule has 0 amide bonds. The number of Topliss-reactive ketones (excluding diaryl/α,β-unsaturated/α-hetero) is 1. The topological polar surface area (TPSA) is 58.6 Å². The molecule has 1 heterocycles. The average molecular weight is 473 g/mol. The molecule has 0 aromatic heterocycles. The van der Waals surface area contributed by atoms with Crippen molar-refractivity contribution in [3.8, 4) is 0 Å². The highest BCUT2D eigenvalue weighted by Gasteiger charge is 2.41. The molecule has 1 aliphatic heterocycles. The molecule has 35 heavy (non-hydrogen) atoms. The van der Waals surface area contributed by atoms with Gasteiger partial charge in [-0.2, -0.15) is 0 Å². The van der Waals surface area contributed by atoms with Crippen LogP contribution in [0, 0.1) is 0 Å². The third kappa shape index (κ3) is 5.04. The summed E-state index contributed by atoms with van der Waals surface area (Å²) in [6.45, 7) is 11.7. The van der Waals surface area contributed by atoms with E-state index in [1.807, 2.05) is 39.0 Å². The smallest absolute Gasteiger partial charge is 0.337 e. The summed E-state index contributed by atoms with van der Waals surface area (Å²) in [6.07, 6.45) is 0.931. The van der Waals surface area contributed by atoms with Crippen LogP contribution in [0.25, 0.3) is 0 Å². The number of nitrogens with one attached hydrogen (secondary N) is 1. The minimum Gasteiger partial charge on any atom is -0.460 e. The fraction of sp³-hybridized carbons (Fsp3) is 0.400. The second-order valence-corrected chi connectivity index (χ2v) is 9.65. The SMILES string of the molecule is CCN(CC)c1ccc(C2C(C(=O)OC(C)C)=C(C)NC3=C2C(=O)CC(c2ccccc2)C3)cc1. The highest BCUT2D eigenvalue weighted by atomic mass is 16.5. The number of hydrogen-bond acceptors (Lipinski definition) is 5. The van der Waals surface area contributed by atoms with Gasteiger partial charge in [-0.15, -0.1) is 0 Å². The Balaban J connectivity index is 1.78. The summed E-state index contributed by atoms with van der Waals surface area (Å²) in [5.74, 6) is -0.592. The second-order valence-electron chi connectivity index (χ2n) is 9.65. The van der Waals surface area contributed by atoms with Gasteiger partial charge in [-0.25, -0.2) is 4.79 Å². The molecule has 1 aliphatic carbocycles. The molecule has 2 aromatic carbocycles. The zero-order chi connectivity index (χ0) is 25.1. The summed E-state index contributed by atoms with van der Waals surface area (Å²) in [5, 5.41) is 3.43. The molecule has 2 atom stereocenters. The number of dihydropyridines is 1. The number of ketones is 1. The molecular weight excluding hydrogens is 436 g/mol. The Labute approximate surface area is 208 Å². The van der Waals surface area contributed by atoms with Crippen molar-refractivity contribution in [1.29, 1.82) is 0 Å². The first-order valence-electron chi connectivity index (χ1n) is 12.7. The van der Waals surface area contributed by atoms with Gasteiger partial charge >= 0.3 is 5.97 Å². The van der Waals surface area contributed by atoms with Crippen molar-refractivity contribution in [2.75, 3.05) is 18.0 Å². The standard InChI is InChI=1S/C30H36N2O3/c1-6-32(7-2)24-15-13-22(14-16-24)28-27(30(34)35-19(3)4)20(5)31-25-17-23(18-26(33)29(25)28)21-11-9-8-10-12-21/h8-16,19,23,28,31H,6-7,17-18H2,1-5H3. The largest absolute Gasteiger partial charge is 0.460 e. The summed E-state index contributed by atoms with van der Waals surface area (Å²) in [4.78, 5) is 29.2. The summed E-state index contributed by atoms with van der Waals surface area (Å²) < 4.78 is 5.64. The van der Waals surface area contributed by atoms with Gasteiger partial charge < -0.3 is 15.0 Å². The number of hydrogen-bond donors (Lipinski definition) is 1. The number of carbonyl (C=O) groups is 2. The van der Waals surface area contributed by atoms with Crippen LogP contribution in [0.15, 0.2) is 77.1 Å². The van der Waals surface area contributed by atoms with Crippen molar-refractivity contribution in [3.63, 3.8) is 0 Å². The Bertz CT molecular complexity index is 1140. The first-order valence-corrected chi connectivity index (χ1v) is 12.7. The van der Waals surface area contributed by atoms with Crippen LogP contribution in [0.1, 0.15) is 70.4 Å². The fourth-order valence-electron chi connectivity index (χ4n) is 5.35. The monoisotopic (exact) mass is 472 g/mol. The van der Waals surface area contributed by atoms with Gasteiger partial charge in [0.2, 0.25) is 0 Å². The Morgan fingerprint density at radius 1 is 1.00 bits per heavy atom. The van der Waals surface area contributed by atoms with Gasteiger partial charge in [-0.05, 0) is 70.2 Å². The lowest BCUT2D eigenvalue weighted by Gasteiger charge is -2.37. The quantitative estimate of drug-likeness (QED) is 0.513. The van der Waals surface area contributed by atoms with Gasteiger partial charge in [0.05, 0.1) is 11.7 Å². The number of ether oxygens (including phenoxy) is 1. The van der Waals surface area contributed by atoms with Crippen LogP contribution in [-0.2, 0) is 14.3 Å². The molecule has 2 unspecified atom stereocenters. The second kappa shape index (κ2) is 10.5. The summed E-state index contributed by atoms with van der Waals surface area (Å²) in [7, 11) is 0. The number of nitrogens with zero attached hydrogens (tertiary/aromatic N) is 1. The van der Waals surface area contributed by atoms with Crippen molar-refractivity contribution in [1.82, 2.24) is 5.32 Å². The first kappa shape index (κ1) is 24.8. The van der Waals surface area contributed by atoms with E-state index in [0.29, 0.717) is 17.6 Å². The number of rotatable bonds is 7. The molecule has 2 aromatic rings. The van der Waals surface area contributed by atoms with Crippen LogP contribution in [0.4, 0.5) is 5.69 Å². The van der Waals surface area contributed by atoms with E-state index in [9.17, 15) is 9.59 Å². The third-order valence-corrected chi connectivity index (χ3v) is 7.02. The zero-order valence-electron chi connectivity index (χ0n) is 21.4. The van der Waals surface area contributed by atoms with Crippen LogP contribution < -0.4 is 10.2 Å². The van der Waals surface area contributed by atoms with Crippen molar-refractivity contribution >= 4 is 17.4 Å². The van der Waals surface area contributed by atoms with Crippen LogP contribution >= 0.6 is 0 Å². The molecule has 0 saturated carbocycles. The maximum atomic E-state index is 13.7. The molecule has 5 heteroatoms. The highest BCUT2D eigenvalue weighted by molar-refractivity contribution is 6.04. The molecule has 0 fully saturated rings. The van der Waals surface area contributed by atoms with Crippen molar-refractivity contribution in [2.24, 2.45) is 0 Å². The number of anilines is 1. The number of carbonyl (C=O) groups excluding carboxylic acids is 2. The molecule has 0 saturated heterocycles. The van der Waals surface area contributed by atoms with Gasteiger partial charge in [0, 0.05) is 48.1 Å². The summed E-state index contributed by atoms with van der Waals surface area (Å²) in [6, 6.07) is 18.5. The van der Waals surface area contributed by atoms with Gasteiger partial charge in [-0.1, -0.05) is 42.5 Å². The van der Waals surface area contributed by atoms with E-state index in [-0.39, 0.29) is 23.8 Å². The van der Waals surface area contributed by atoms with Gasteiger partial charge in [0.15, 0.2) is 5.78 Å². The number of allylic oxidation sites excluding steroid dienone is 3. The minimum atomic E-state index is -0.438. The van der Waals surface area contributed by atoms with E-state index in [0.717, 1.165) is 42.2 Å². The van der Waals surface area contributed by atoms with E-state index in [4.69, 9.17) is 4.74 Å². The van der Waals surface area contributed by atoms with E-state index in [2.05, 4.69) is 60.5 Å². The molecule has 4 rings (SSSR count). The third-order valence-electron chi connectivity index (χ3n) is 7.02. The number of benzene rings is 2. The van der Waals surface area contributed by atoms with E-state index in [1.165, 1.54) is 5.56 Å². The normalized spacial score (nSPS) is 20.0. The molecule has 2 aliphatic rings. The Morgan fingerprint density at radius 3 is 2.26 bits per heavy atom. The molecule has 0 radical (unpaired) electrons. The van der Waals surface area contributed by atoms with Gasteiger partial charge in [-0.3, -0.25) is 4.79 Å². The molecule has 0 spiro atoms. The minimum absolute atomic E-state index is 0.0905. The van der Waals surface area contributed by atoms with Crippen LogP contribution in [0.5, 0.6) is 0 Å². The Hall–Kier alpha value is -3.34. The van der Waals surface area contributed by atoms with E-state index >= 15 is 0 Å². The lowest BCUT2D eigenvalue weighted by Crippen LogP contribution is -2.36. The summed E-state index contributed by atoms with van der Waals surface area (Å²) >= 11 is 0. The molecule has 184 valence electrons. The molecule has 0 bridgehead atoms. The predicted octanol–water partition coefficient (Wildman–Crippen LogP) is 5.85. The lowest BCUT2D eigenvalue weighted by atomic mass is 9.71. The first-order chi connectivity index (χ1) is 16.8. The Kier molecular flexibility index (Phi) is 7.44. The highest BCUT2D eigenvalue weighted by Crippen LogP contribution is 2.46. The van der Waals surface area contributed by atoms with Gasteiger partial charge in [0.25, 0.3) is 0 Å². The van der Waals surface area contributed by atoms with Crippen molar-refractivity contribution in [2.45, 2.75) is 65.4 Å². The van der Waals surface area contributed by atoms with Crippen LogP contribution in [-0.4, -0.2) is 30.9 Å².